The average Bonchev–Trinajstić information content (AvgIpc) is 2.47. The van der Waals surface area contributed by atoms with Crippen molar-refractivity contribution in [3.05, 3.63) is 0 Å². The quantitative estimate of drug-likeness (QED) is 0.241. The van der Waals surface area contributed by atoms with Gasteiger partial charge in [-0.05, 0) is 12.8 Å². The van der Waals surface area contributed by atoms with Crippen LogP contribution in [0.1, 0.15) is 110 Å². The van der Waals surface area contributed by atoms with Gasteiger partial charge in [-0.25, -0.2) is 0 Å². The second-order valence-corrected chi connectivity index (χ2v) is 6.94. The van der Waals surface area contributed by atoms with Crippen LogP contribution in [0, 0.1) is 5.92 Å². The monoisotopic (exact) mass is 314 g/mol. The van der Waals surface area contributed by atoms with Gasteiger partial charge in [-0.3, -0.25) is 4.79 Å². The van der Waals surface area contributed by atoms with Gasteiger partial charge in [-0.2, -0.15) is 0 Å². The van der Waals surface area contributed by atoms with Crippen molar-refractivity contribution in [1.29, 1.82) is 0 Å². The van der Waals surface area contributed by atoms with Crippen molar-refractivity contribution in [2.75, 3.05) is 0 Å². The van der Waals surface area contributed by atoms with Crippen LogP contribution in [0.15, 0.2) is 0 Å². The third-order valence-corrected chi connectivity index (χ3v) is 4.78. The van der Waals surface area contributed by atoms with Crippen molar-refractivity contribution in [1.82, 2.24) is 0 Å². The molecule has 0 aliphatic carbocycles. The topological polar surface area (TPSA) is 17.1 Å². The van der Waals surface area contributed by atoms with Crippen molar-refractivity contribution in [2.45, 2.75) is 110 Å². The van der Waals surface area contributed by atoms with Crippen molar-refractivity contribution in [3.8, 4) is 0 Å². The first-order chi connectivity index (χ1) is 10.2. The van der Waals surface area contributed by atoms with Crippen LogP contribution in [0.4, 0.5) is 0 Å². The Morgan fingerprint density at radius 2 is 1.00 bits per heavy atom. The van der Waals surface area contributed by atoms with Gasteiger partial charge in [0.2, 0.25) is 0 Å². The lowest BCUT2D eigenvalue weighted by molar-refractivity contribution is -0.114. The summed E-state index contributed by atoms with van der Waals surface area (Å²) in [5.74, 6) is 0.218. The molecule has 0 aliphatic rings. The molecular weight excluding hydrogens is 276 g/mol. The van der Waals surface area contributed by atoms with Gasteiger partial charge in [-0.1, -0.05) is 97.3 Å². The Balaban J connectivity index is 3.52. The fourth-order valence-electron chi connectivity index (χ4n) is 2.91. The predicted molar refractivity (Wildman–Crippen MR) is 98.1 cm³/mol. The number of carbonyl (C=O) groups excluding carboxylic acids is 1. The Morgan fingerprint density at radius 1 is 0.667 bits per heavy atom. The lowest BCUT2D eigenvalue weighted by Crippen LogP contribution is -2.09. The van der Waals surface area contributed by atoms with E-state index in [1.54, 1.807) is 0 Å². The summed E-state index contributed by atoms with van der Waals surface area (Å²) in [5, 5.41) is 0.120. The zero-order valence-corrected chi connectivity index (χ0v) is 15.4. The molecule has 0 aromatic carbocycles. The van der Waals surface area contributed by atoms with Gasteiger partial charge in [0, 0.05) is 5.92 Å². The minimum Gasteiger partial charge on any atom is -0.287 e. The molecule has 0 aliphatic heterocycles. The first-order valence-electron chi connectivity index (χ1n) is 9.45. The molecule has 21 heavy (non-hydrogen) atoms. The molecule has 0 aromatic rings. The number of unbranched alkanes of at least 4 members (excludes halogenated alkanes) is 11. The molecule has 0 spiro atoms. The van der Waals surface area contributed by atoms with Gasteiger partial charge in [-0.15, -0.1) is 12.6 Å². The lowest BCUT2D eigenvalue weighted by Gasteiger charge is -2.13. The van der Waals surface area contributed by atoms with E-state index in [4.69, 9.17) is 0 Å². The average molecular weight is 315 g/mol. The van der Waals surface area contributed by atoms with Gasteiger partial charge >= 0.3 is 0 Å². The van der Waals surface area contributed by atoms with E-state index in [-0.39, 0.29) is 11.0 Å². The molecule has 1 atom stereocenters. The highest BCUT2D eigenvalue weighted by molar-refractivity contribution is 7.96. The molecule has 126 valence electrons. The van der Waals surface area contributed by atoms with Crippen LogP contribution < -0.4 is 0 Å². The largest absolute Gasteiger partial charge is 0.287 e. The second kappa shape index (κ2) is 16.4. The summed E-state index contributed by atoms with van der Waals surface area (Å²) in [6.45, 7) is 4.50. The number of thiol groups is 1. The zero-order valence-electron chi connectivity index (χ0n) is 14.5. The van der Waals surface area contributed by atoms with Crippen LogP contribution in [0.3, 0.4) is 0 Å². The van der Waals surface area contributed by atoms with Crippen LogP contribution >= 0.6 is 12.6 Å². The van der Waals surface area contributed by atoms with E-state index < -0.39 is 0 Å². The third kappa shape index (κ3) is 14.7. The Hall–Kier alpha value is 0.0200. The van der Waals surface area contributed by atoms with Crippen LogP contribution in [-0.4, -0.2) is 5.12 Å². The van der Waals surface area contributed by atoms with E-state index in [9.17, 15) is 4.79 Å². The van der Waals surface area contributed by atoms with Crippen molar-refractivity contribution in [2.24, 2.45) is 5.92 Å². The highest BCUT2D eigenvalue weighted by Crippen LogP contribution is 2.21. The predicted octanol–water partition coefficient (Wildman–Crippen LogP) is 6.95. The van der Waals surface area contributed by atoms with Crippen molar-refractivity contribution in [3.63, 3.8) is 0 Å². The van der Waals surface area contributed by atoms with E-state index in [2.05, 4.69) is 26.5 Å². The number of rotatable bonds is 16. The van der Waals surface area contributed by atoms with Gasteiger partial charge in [0.15, 0.2) is 5.12 Å². The lowest BCUT2D eigenvalue weighted by atomic mass is 9.95. The Bertz CT molecular complexity index is 228. The highest BCUT2D eigenvalue weighted by atomic mass is 32.1. The Morgan fingerprint density at radius 3 is 1.33 bits per heavy atom. The smallest absolute Gasteiger partial charge is 0.188 e. The maximum Gasteiger partial charge on any atom is 0.188 e. The standard InChI is InChI=1S/C19H38OS/c1-3-5-7-9-11-13-15-17-18(19(20)21)16-14-12-10-8-6-4-2/h18H,3-17H2,1-2H3,(H,20,21). The number of carbonyl (C=O) groups is 1. The van der Waals surface area contributed by atoms with Crippen molar-refractivity contribution >= 4 is 17.7 Å². The minimum absolute atomic E-state index is 0.120. The molecular formula is C19H38OS. The molecule has 0 N–H and O–H groups in total. The molecule has 1 unspecified atom stereocenters. The van der Waals surface area contributed by atoms with E-state index in [0.717, 1.165) is 12.8 Å². The number of hydrogen-bond donors (Lipinski definition) is 1. The van der Waals surface area contributed by atoms with Gasteiger partial charge in [0.05, 0.1) is 0 Å². The van der Waals surface area contributed by atoms with Crippen LogP contribution in [0.25, 0.3) is 0 Å². The van der Waals surface area contributed by atoms with E-state index in [1.165, 1.54) is 83.5 Å². The summed E-state index contributed by atoms with van der Waals surface area (Å²) in [4.78, 5) is 11.6. The molecule has 0 amide bonds. The zero-order chi connectivity index (χ0) is 15.8. The molecule has 2 heteroatoms. The first-order valence-corrected chi connectivity index (χ1v) is 9.89. The molecule has 1 nitrogen and oxygen atoms in total. The van der Waals surface area contributed by atoms with Gasteiger partial charge < -0.3 is 0 Å². The molecule has 0 aromatic heterocycles. The summed E-state index contributed by atoms with van der Waals surface area (Å²) in [7, 11) is 0. The fourth-order valence-corrected chi connectivity index (χ4v) is 3.17. The van der Waals surface area contributed by atoms with E-state index in [0.29, 0.717) is 0 Å². The third-order valence-electron chi connectivity index (χ3n) is 4.41. The molecule has 0 rings (SSSR count). The first kappa shape index (κ1) is 21.0. The summed E-state index contributed by atoms with van der Waals surface area (Å²) >= 11 is 4.08. The molecule has 0 heterocycles. The summed E-state index contributed by atoms with van der Waals surface area (Å²) in [6, 6.07) is 0. The summed E-state index contributed by atoms with van der Waals surface area (Å²) < 4.78 is 0. The van der Waals surface area contributed by atoms with Crippen LogP contribution in [0.5, 0.6) is 0 Å². The number of hydrogen-bond acceptors (Lipinski definition) is 1. The SMILES string of the molecule is CCCCCCCCCC(CCCCCCCC)C(=O)S. The van der Waals surface area contributed by atoms with E-state index in [1.807, 2.05) is 0 Å². The van der Waals surface area contributed by atoms with Crippen LogP contribution in [0.2, 0.25) is 0 Å². The Kier molecular flexibility index (Phi) is 16.4. The summed E-state index contributed by atoms with van der Waals surface area (Å²) in [6.07, 6.45) is 19.2. The molecule has 0 saturated carbocycles. The Labute approximate surface area is 139 Å². The van der Waals surface area contributed by atoms with E-state index >= 15 is 0 Å². The van der Waals surface area contributed by atoms with Gasteiger partial charge in [0.25, 0.3) is 0 Å². The van der Waals surface area contributed by atoms with Crippen molar-refractivity contribution < 1.29 is 4.79 Å². The summed E-state index contributed by atoms with van der Waals surface area (Å²) in [5.41, 5.74) is 0. The highest BCUT2D eigenvalue weighted by Gasteiger charge is 2.14. The molecule has 0 saturated heterocycles. The normalized spacial score (nSPS) is 12.5. The molecule has 0 radical (unpaired) electrons. The molecule has 0 fully saturated rings. The minimum atomic E-state index is 0.120. The maximum absolute atomic E-state index is 11.6. The second-order valence-electron chi connectivity index (χ2n) is 6.50. The molecule has 0 bridgehead atoms. The fraction of sp³-hybridized carbons (Fsp3) is 0.947. The van der Waals surface area contributed by atoms with Crippen LogP contribution in [-0.2, 0) is 4.79 Å². The maximum atomic E-state index is 11.6. The van der Waals surface area contributed by atoms with Gasteiger partial charge in [0.1, 0.15) is 0 Å².